The van der Waals surface area contributed by atoms with E-state index in [4.69, 9.17) is 16.3 Å². The largest absolute Gasteiger partial charge is 0.506 e. The molecule has 0 fully saturated rings. The Morgan fingerprint density at radius 1 is 1.33 bits per heavy atom. The van der Waals surface area contributed by atoms with Crippen molar-refractivity contribution in [3.05, 3.63) is 22.2 Å². The molecule has 0 radical (unpaired) electrons. The molecule has 12 heavy (non-hydrogen) atoms. The van der Waals surface area contributed by atoms with E-state index in [1.165, 1.54) is 0 Å². The molecule has 0 atom stereocenters. The van der Waals surface area contributed by atoms with Crippen molar-refractivity contribution in [2.75, 3.05) is 7.11 Å². The summed E-state index contributed by atoms with van der Waals surface area (Å²) in [6, 6.07) is 1.61. The second-order valence-corrected chi connectivity index (χ2v) is 3.07. The van der Waals surface area contributed by atoms with Crippen molar-refractivity contribution < 1.29 is 9.84 Å². The summed E-state index contributed by atoms with van der Waals surface area (Å²) in [5.74, 6) is 0.838. The second-order valence-electron chi connectivity index (χ2n) is 2.66. The van der Waals surface area contributed by atoms with Gasteiger partial charge in [-0.1, -0.05) is 11.6 Å². The lowest BCUT2D eigenvalue weighted by Crippen LogP contribution is -1.90. The Hall–Kier alpha value is -0.890. The molecule has 3 heteroatoms. The van der Waals surface area contributed by atoms with Crippen molar-refractivity contribution in [3.63, 3.8) is 0 Å². The summed E-state index contributed by atoms with van der Waals surface area (Å²) in [6.45, 7) is 3.68. The van der Waals surface area contributed by atoms with E-state index in [1.54, 1.807) is 20.1 Å². The van der Waals surface area contributed by atoms with Crippen LogP contribution >= 0.6 is 11.6 Å². The third kappa shape index (κ3) is 1.34. The highest BCUT2D eigenvalue weighted by atomic mass is 35.5. The number of halogens is 1. The number of ether oxygens (including phenoxy) is 1. The van der Waals surface area contributed by atoms with Gasteiger partial charge in [-0.3, -0.25) is 0 Å². The van der Waals surface area contributed by atoms with Gasteiger partial charge in [-0.25, -0.2) is 0 Å². The normalized spacial score (nSPS) is 10.0. The fraction of sp³-hybridized carbons (Fsp3) is 0.333. The maximum Gasteiger partial charge on any atom is 0.137 e. The molecule has 0 aliphatic carbocycles. The van der Waals surface area contributed by atoms with E-state index in [2.05, 4.69) is 0 Å². The van der Waals surface area contributed by atoms with Gasteiger partial charge >= 0.3 is 0 Å². The van der Waals surface area contributed by atoms with Crippen LogP contribution in [0.1, 0.15) is 11.1 Å². The van der Waals surface area contributed by atoms with Gasteiger partial charge in [0.05, 0.1) is 12.1 Å². The van der Waals surface area contributed by atoms with Crippen LogP contribution in [0.3, 0.4) is 0 Å². The summed E-state index contributed by atoms with van der Waals surface area (Å²) in [6.07, 6.45) is 0. The molecule has 66 valence electrons. The molecule has 0 saturated carbocycles. The molecule has 1 aromatic rings. The smallest absolute Gasteiger partial charge is 0.137 e. The SMILES string of the molecule is COc1cc(Cl)c(O)c(C)c1C. The predicted octanol–water partition coefficient (Wildman–Crippen LogP) is 2.67. The van der Waals surface area contributed by atoms with Crippen LogP contribution in [-0.4, -0.2) is 12.2 Å². The number of benzene rings is 1. The molecular formula is C9H11ClO2. The Morgan fingerprint density at radius 3 is 2.42 bits per heavy atom. The molecule has 1 rings (SSSR count). The van der Waals surface area contributed by atoms with Crippen molar-refractivity contribution >= 4 is 11.6 Å². The molecule has 0 aromatic heterocycles. The van der Waals surface area contributed by atoms with Crippen molar-refractivity contribution in [2.24, 2.45) is 0 Å². The lowest BCUT2D eigenvalue weighted by Gasteiger charge is -2.10. The van der Waals surface area contributed by atoms with E-state index in [1.807, 2.05) is 6.92 Å². The average molecular weight is 187 g/mol. The molecule has 0 amide bonds. The molecule has 0 unspecified atom stereocenters. The lowest BCUT2D eigenvalue weighted by molar-refractivity contribution is 0.408. The number of phenols is 1. The Kier molecular flexibility index (Phi) is 2.48. The molecule has 0 bridgehead atoms. The zero-order chi connectivity index (χ0) is 9.30. The summed E-state index contributed by atoms with van der Waals surface area (Å²) in [5.41, 5.74) is 1.68. The predicted molar refractivity (Wildman–Crippen MR) is 49.1 cm³/mol. The minimum Gasteiger partial charge on any atom is -0.506 e. The first-order chi connectivity index (χ1) is 5.57. The van der Waals surface area contributed by atoms with Gasteiger partial charge < -0.3 is 9.84 Å². The quantitative estimate of drug-likeness (QED) is 0.731. The monoisotopic (exact) mass is 186 g/mol. The first-order valence-corrected chi connectivity index (χ1v) is 3.98. The third-order valence-electron chi connectivity index (χ3n) is 1.99. The minimum atomic E-state index is 0.134. The highest BCUT2D eigenvalue weighted by Crippen LogP contribution is 2.35. The summed E-state index contributed by atoms with van der Waals surface area (Å²) in [5, 5.41) is 9.75. The van der Waals surface area contributed by atoms with Gasteiger partial charge in [0.25, 0.3) is 0 Å². The maximum atomic E-state index is 9.42. The molecule has 1 N–H and O–H groups in total. The second kappa shape index (κ2) is 3.23. The van der Waals surface area contributed by atoms with E-state index < -0.39 is 0 Å². The molecule has 0 aliphatic rings. The first-order valence-electron chi connectivity index (χ1n) is 3.60. The molecular weight excluding hydrogens is 176 g/mol. The summed E-state index contributed by atoms with van der Waals surface area (Å²) >= 11 is 5.74. The Bertz CT molecular complexity index is 308. The zero-order valence-corrected chi connectivity index (χ0v) is 8.07. The molecule has 0 spiro atoms. The number of aromatic hydroxyl groups is 1. The number of hydrogen-bond donors (Lipinski definition) is 1. The highest BCUT2D eigenvalue weighted by molar-refractivity contribution is 6.32. The van der Waals surface area contributed by atoms with Gasteiger partial charge in [-0.15, -0.1) is 0 Å². The van der Waals surface area contributed by atoms with Crippen LogP contribution < -0.4 is 4.74 Å². The Balaban J connectivity index is 3.39. The molecule has 0 heterocycles. The van der Waals surface area contributed by atoms with Crippen LogP contribution in [0.25, 0.3) is 0 Å². The van der Waals surface area contributed by atoms with Crippen LogP contribution in [0.5, 0.6) is 11.5 Å². The number of methoxy groups -OCH3 is 1. The molecule has 0 aliphatic heterocycles. The van der Waals surface area contributed by atoms with Gasteiger partial charge in [-0.05, 0) is 25.0 Å². The van der Waals surface area contributed by atoms with Crippen molar-refractivity contribution in [1.82, 2.24) is 0 Å². The lowest BCUT2D eigenvalue weighted by atomic mass is 10.1. The summed E-state index contributed by atoms with van der Waals surface area (Å²) in [7, 11) is 1.58. The topological polar surface area (TPSA) is 29.5 Å². The summed E-state index contributed by atoms with van der Waals surface area (Å²) in [4.78, 5) is 0. The molecule has 2 nitrogen and oxygen atoms in total. The average Bonchev–Trinajstić information content (AvgIpc) is 2.08. The number of rotatable bonds is 1. The molecule has 0 saturated heterocycles. The number of hydrogen-bond acceptors (Lipinski definition) is 2. The standard InChI is InChI=1S/C9H11ClO2/c1-5-6(2)9(11)7(10)4-8(5)12-3/h4,11H,1-3H3. The molecule has 1 aromatic carbocycles. The van der Waals surface area contributed by atoms with Gasteiger partial charge in [0, 0.05) is 6.07 Å². The van der Waals surface area contributed by atoms with Crippen LogP contribution in [0, 0.1) is 13.8 Å². The minimum absolute atomic E-state index is 0.134. The van der Waals surface area contributed by atoms with E-state index in [-0.39, 0.29) is 5.75 Å². The summed E-state index contributed by atoms with van der Waals surface area (Å²) < 4.78 is 5.07. The van der Waals surface area contributed by atoms with Crippen LogP contribution in [0.2, 0.25) is 5.02 Å². The van der Waals surface area contributed by atoms with Crippen molar-refractivity contribution in [1.29, 1.82) is 0 Å². The van der Waals surface area contributed by atoms with Gasteiger partial charge in [0.15, 0.2) is 0 Å². The van der Waals surface area contributed by atoms with E-state index in [9.17, 15) is 5.11 Å². The Morgan fingerprint density at radius 2 is 1.92 bits per heavy atom. The van der Waals surface area contributed by atoms with E-state index >= 15 is 0 Å². The Labute approximate surface area is 76.7 Å². The fourth-order valence-electron chi connectivity index (χ4n) is 1.05. The van der Waals surface area contributed by atoms with Gasteiger partial charge in [0.1, 0.15) is 11.5 Å². The van der Waals surface area contributed by atoms with Crippen LogP contribution in [-0.2, 0) is 0 Å². The fourth-order valence-corrected chi connectivity index (χ4v) is 1.29. The van der Waals surface area contributed by atoms with Crippen LogP contribution in [0.15, 0.2) is 6.07 Å². The maximum absolute atomic E-state index is 9.42. The first kappa shape index (κ1) is 9.20. The van der Waals surface area contributed by atoms with Gasteiger partial charge in [0.2, 0.25) is 0 Å². The third-order valence-corrected chi connectivity index (χ3v) is 2.28. The van der Waals surface area contributed by atoms with E-state index in [0.717, 1.165) is 11.1 Å². The van der Waals surface area contributed by atoms with Crippen LogP contribution in [0.4, 0.5) is 0 Å². The van der Waals surface area contributed by atoms with E-state index in [0.29, 0.717) is 10.8 Å². The van der Waals surface area contributed by atoms with Crippen molar-refractivity contribution in [3.8, 4) is 11.5 Å². The highest BCUT2D eigenvalue weighted by Gasteiger charge is 2.09. The zero-order valence-electron chi connectivity index (χ0n) is 7.31. The van der Waals surface area contributed by atoms with Crippen molar-refractivity contribution in [2.45, 2.75) is 13.8 Å². The number of phenolic OH excluding ortho intramolecular Hbond substituents is 1. The van der Waals surface area contributed by atoms with Gasteiger partial charge in [-0.2, -0.15) is 0 Å².